The van der Waals surface area contributed by atoms with Gasteiger partial charge in [0.25, 0.3) is 0 Å². The maximum absolute atomic E-state index is 5.33. The fourth-order valence-corrected chi connectivity index (χ4v) is 7.86. The molecule has 0 saturated carbocycles. The molecule has 3 aromatic rings. The van der Waals surface area contributed by atoms with Gasteiger partial charge in [0.05, 0.1) is 17.1 Å². The number of hydrogen-bond donors (Lipinski definition) is 0. The molecule has 0 saturated heterocycles. The first-order valence-corrected chi connectivity index (χ1v) is 22.5. The van der Waals surface area contributed by atoms with E-state index in [1.165, 1.54) is 169 Å². The number of aliphatic imine (C=N–C) groups is 2. The molecule has 2 nitrogen and oxygen atoms in total. The molecule has 53 heavy (non-hydrogen) atoms. The van der Waals surface area contributed by atoms with Gasteiger partial charge in [-0.3, -0.25) is 9.98 Å². The highest BCUT2D eigenvalue weighted by molar-refractivity contribution is 6.31. The summed E-state index contributed by atoms with van der Waals surface area (Å²) in [6.45, 7) is 13.8. The molecule has 0 bridgehead atoms. The van der Waals surface area contributed by atoms with Crippen molar-refractivity contribution in [1.82, 2.24) is 0 Å². The van der Waals surface area contributed by atoms with Gasteiger partial charge >= 0.3 is 0 Å². The molecule has 3 aromatic carbocycles. The zero-order valence-electron chi connectivity index (χ0n) is 35.3. The Morgan fingerprint density at radius 2 is 0.962 bits per heavy atom. The van der Waals surface area contributed by atoms with E-state index in [9.17, 15) is 0 Å². The largest absolute Gasteiger partial charge is 0.255 e. The molecule has 0 aromatic heterocycles. The van der Waals surface area contributed by atoms with Crippen LogP contribution in [0.25, 0.3) is 11.1 Å². The van der Waals surface area contributed by atoms with E-state index in [1.807, 2.05) is 0 Å². The fraction of sp³-hybridized carbons (Fsp3) is 0.608. The molecule has 0 amide bonds. The average molecular weight is 719 g/mol. The van der Waals surface area contributed by atoms with Crippen molar-refractivity contribution in [3.63, 3.8) is 0 Å². The van der Waals surface area contributed by atoms with E-state index in [2.05, 4.69) is 102 Å². The predicted octanol–water partition coefficient (Wildman–Crippen LogP) is 16.6. The fourth-order valence-electron chi connectivity index (χ4n) is 7.86. The van der Waals surface area contributed by atoms with Gasteiger partial charge < -0.3 is 0 Å². The minimum absolute atomic E-state index is 0.856. The molecule has 0 aliphatic carbocycles. The van der Waals surface area contributed by atoms with Crippen molar-refractivity contribution < 1.29 is 0 Å². The van der Waals surface area contributed by atoms with Gasteiger partial charge in [0.2, 0.25) is 0 Å². The van der Waals surface area contributed by atoms with Crippen LogP contribution in [0.5, 0.6) is 0 Å². The van der Waals surface area contributed by atoms with E-state index in [0.29, 0.717) is 0 Å². The topological polar surface area (TPSA) is 24.7 Å². The Balaban J connectivity index is 1.94. The Labute approximate surface area is 327 Å². The van der Waals surface area contributed by atoms with Crippen molar-refractivity contribution in [3.8, 4) is 11.1 Å². The third-order valence-electron chi connectivity index (χ3n) is 11.1. The first-order valence-electron chi connectivity index (χ1n) is 22.5. The van der Waals surface area contributed by atoms with Gasteiger partial charge in [-0.1, -0.05) is 168 Å². The summed E-state index contributed by atoms with van der Waals surface area (Å²) in [4.78, 5) is 10.4. The van der Waals surface area contributed by atoms with Crippen molar-refractivity contribution in [1.29, 1.82) is 0 Å². The molecule has 292 valence electrons. The van der Waals surface area contributed by atoms with Gasteiger partial charge in [-0.25, -0.2) is 0 Å². The van der Waals surface area contributed by atoms with Crippen LogP contribution in [0.1, 0.15) is 197 Å². The minimum atomic E-state index is 0.856. The number of benzene rings is 3. The number of unbranched alkanes of at least 4 members (excludes halogenated alkanes) is 16. The second-order valence-corrected chi connectivity index (χ2v) is 15.8. The van der Waals surface area contributed by atoms with Gasteiger partial charge in [-0.2, -0.15) is 0 Å². The number of rotatable bonds is 29. The van der Waals surface area contributed by atoms with Crippen molar-refractivity contribution >= 4 is 23.3 Å². The molecule has 3 rings (SSSR count). The molecule has 0 atom stereocenters. The second kappa shape index (κ2) is 27.6. The summed E-state index contributed by atoms with van der Waals surface area (Å²) in [6.07, 6.45) is 33.9. The normalized spacial score (nSPS) is 12.0. The summed E-state index contributed by atoms with van der Waals surface area (Å²) in [6, 6.07) is 20.6. The lowest BCUT2D eigenvalue weighted by atomic mass is 9.88. The van der Waals surface area contributed by atoms with Gasteiger partial charge in [0.15, 0.2) is 0 Å². The van der Waals surface area contributed by atoms with Crippen LogP contribution in [-0.4, -0.2) is 11.9 Å². The monoisotopic (exact) mass is 719 g/mol. The first kappa shape index (κ1) is 44.4. The third kappa shape index (κ3) is 16.9. The maximum Gasteiger partial charge on any atom is 0.0642 e. The molecule has 0 heterocycles. The van der Waals surface area contributed by atoms with Gasteiger partial charge in [0, 0.05) is 6.21 Å². The zero-order valence-corrected chi connectivity index (χ0v) is 35.3. The Morgan fingerprint density at radius 1 is 0.491 bits per heavy atom. The van der Waals surface area contributed by atoms with E-state index < -0.39 is 0 Å². The molecule has 0 aliphatic heterocycles. The molecule has 0 N–H and O–H groups in total. The van der Waals surface area contributed by atoms with Gasteiger partial charge in [0.1, 0.15) is 0 Å². The summed E-state index contributed by atoms with van der Waals surface area (Å²) in [5.41, 5.74) is 13.5. The molecule has 0 spiro atoms. The Bertz CT molecular complexity index is 1460. The smallest absolute Gasteiger partial charge is 0.0642 e. The molecule has 2 heteroatoms. The van der Waals surface area contributed by atoms with Crippen molar-refractivity contribution in [3.05, 3.63) is 82.4 Å². The Morgan fingerprint density at radius 3 is 1.53 bits per heavy atom. The van der Waals surface area contributed by atoms with E-state index in [-0.39, 0.29) is 0 Å². The van der Waals surface area contributed by atoms with Gasteiger partial charge in [-0.05, 0) is 128 Å². The van der Waals surface area contributed by atoms with E-state index >= 15 is 0 Å². The predicted molar refractivity (Wildman–Crippen MR) is 238 cm³/mol. The molecule has 0 fully saturated rings. The summed E-state index contributed by atoms with van der Waals surface area (Å²) >= 11 is 0. The molecule has 0 unspecified atom stereocenters. The van der Waals surface area contributed by atoms with Crippen LogP contribution in [0.2, 0.25) is 0 Å². The minimum Gasteiger partial charge on any atom is -0.255 e. The highest BCUT2D eigenvalue weighted by atomic mass is 14.8. The Hall–Kier alpha value is -3.00. The highest BCUT2D eigenvalue weighted by Gasteiger charge is 2.14. The quantitative estimate of drug-likeness (QED) is 0.0504. The first-order chi connectivity index (χ1) is 26.0. The van der Waals surface area contributed by atoms with Crippen LogP contribution >= 0.6 is 0 Å². The van der Waals surface area contributed by atoms with Crippen LogP contribution in [0.15, 0.2) is 64.6 Å². The number of hydrogen-bond acceptors (Lipinski definition) is 2. The number of nitrogens with zero attached hydrogens (tertiary/aromatic N) is 2. The molecule has 0 radical (unpaired) electrons. The second-order valence-electron chi connectivity index (χ2n) is 15.8. The lowest BCUT2D eigenvalue weighted by molar-refractivity contribution is 0.604. The summed E-state index contributed by atoms with van der Waals surface area (Å²) in [7, 11) is 0. The van der Waals surface area contributed by atoms with E-state index in [1.54, 1.807) is 11.1 Å². The molecular weight excluding hydrogens is 641 g/mol. The van der Waals surface area contributed by atoms with Crippen LogP contribution in [0.4, 0.5) is 11.4 Å². The van der Waals surface area contributed by atoms with Crippen LogP contribution in [0.3, 0.4) is 0 Å². The third-order valence-corrected chi connectivity index (χ3v) is 11.1. The van der Waals surface area contributed by atoms with Gasteiger partial charge in [-0.15, -0.1) is 0 Å². The van der Waals surface area contributed by atoms with Crippen LogP contribution < -0.4 is 0 Å². The van der Waals surface area contributed by atoms with Crippen molar-refractivity contribution in [2.75, 3.05) is 0 Å². The van der Waals surface area contributed by atoms with Crippen LogP contribution in [0, 0.1) is 6.92 Å². The lowest BCUT2D eigenvalue weighted by Crippen LogP contribution is -2.02. The Kier molecular flexibility index (Phi) is 23.1. The lowest BCUT2D eigenvalue weighted by Gasteiger charge is -2.17. The standard InChI is InChI=1S/C51H78N2/c1-7-12-16-20-22-26-34-45-39-48(40-51(43-31-27-24-28-32-43)50(45)36-29-19-15-10-4)53-46(11-5)41-52-47-37-42(6)49(35-30-23-21-17-13-8-2)44(38-47)33-25-18-14-9-3/h24,27-28,31-32,37-41H,7-23,25-26,29-30,33-36H2,1-6H3. The maximum atomic E-state index is 5.33. The highest BCUT2D eigenvalue weighted by Crippen LogP contribution is 2.34. The molecular formula is C51H78N2. The van der Waals surface area contributed by atoms with E-state index in [4.69, 9.17) is 9.98 Å². The van der Waals surface area contributed by atoms with E-state index in [0.717, 1.165) is 36.3 Å². The number of aryl methyl sites for hydroxylation is 3. The summed E-state index contributed by atoms with van der Waals surface area (Å²) in [5.74, 6) is 0. The van der Waals surface area contributed by atoms with Crippen molar-refractivity contribution in [2.24, 2.45) is 9.98 Å². The zero-order chi connectivity index (χ0) is 37.9. The summed E-state index contributed by atoms with van der Waals surface area (Å²) in [5, 5.41) is 0. The molecule has 0 aliphatic rings. The average Bonchev–Trinajstić information content (AvgIpc) is 3.17. The summed E-state index contributed by atoms with van der Waals surface area (Å²) < 4.78 is 0. The van der Waals surface area contributed by atoms with Crippen molar-refractivity contribution in [2.45, 2.75) is 202 Å². The SMILES string of the molecule is CCCCCCCCc1cc(N=C(C=Nc2cc(C)c(CCCCCCCC)c(CCCCCC)c2)CC)cc(-c2ccccc2)c1CCCCCC. The van der Waals surface area contributed by atoms with Crippen LogP contribution in [-0.2, 0) is 25.7 Å².